The van der Waals surface area contributed by atoms with Gasteiger partial charge in [-0.2, -0.15) is 0 Å². The maximum atomic E-state index is 6.21. The average Bonchev–Trinajstić information content (AvgIpc) is 3.26. The SMILES string of the molecule is Cc1cc2[nH]c(-c3ccc(-c4nc5cc(Cl)c(C)cc5[nH]4)cc3)nc2cc1Cl. The molecule has 3 aromatic carbocycles. The molecular formula is C22H16Cl2N4. The summed E-state index contributed by atoms with van der Waals surface area (Å²) in [5.74, 6) is 1.63. The van der Waals surface area contributed by atoms with Crippen LogP contribution in [0.5, 0.6) is 0 Å². The van der Waals surface area contributed by atoms with Gasteiger partial charge in [-0.25, -0.2) is 9.97 Å². The van der Waals surface area contributed by atoms with E-state index >= 15 is 0 Å². The first-order chi connectivity index (χ1) is 13.5. The van der Waals surface area contributed by atoms with Crippen LogP contribution in [0, 0.1) is 13.8 Å². The first-order valence-electron chi connectivity index (χ1n) is 8.90. The van der Waals surface area contributed by atoms with Gasteiger partial charge in [-0.05, 0) is 49.2 Å². The molecule has 0 aliphatic rings. The number of nitrogens with zero attached hydrogens (tertiary/aromatic N) is 2. The molecule has 0 saturated carbocycles. The van der Waals surface area contributed by atoms with E-state index in [4.69, 9.17) is 23.2 Å². The third-order valence-electron chi connectivity index (χ3n) is 4.96. The Kier molecular flexibility index (Phi) is 3.93. The molecule has 0 aliphatic heterocycles. The van der Waals surface area contributed by atoms with Gasteiger partial charge in [-0.15, -0.1) is 0 Å². The summed E-state index contributed by atoms with van der Waals surface area (Å²) in [4.78, 5) is 16.1. The molecule has 138 valence electrons. The molecule has 0 fully saturated rings. The van der Waals surface area contributed by atoms with E-state index in [-0.39, 0.29) is 0 Å². The molecule has 28 heavy (non-hydrogen) atoms. The standard InChI is InChI=1S/C22H16Cl2N4/c1-11-7-17-19(9-15(11)23)27-21(25-17)13-3-5-14(6-4-13)22-26-18-8-12(2)16(24)10-20(18)28-22/h3-10H,1-2H3,(H,25,27)(H,26,28). The summed E-state index contributed by atoms with van der Waals surface area (Å²) in [6, 6.07) is 16.0. The highest BCUT2D eigenvalue weighted by Gasteiger charge is 2.10. The minimum atomic E-state index is 0.723. The number of imidazole rings is 2. The molecule has 0 aliphatic carbocycles. The predicted octanol–water partition coefficient (Wildman–Crippen LogP) is 6.70. The zero-order valence-electron chi connectivity index (χ0n) is 15.3. The Hall–Kier alpha value is -2.82. The first-order valence-corrected chi connectivity index (χ1v) is 9.66. The van der Waals surface area contributed by atoms with Crippen LogP contribution in [-0.4, -0.2) is 19.9 Å². The van der Waals surface area contributed by atoms with Gasteiger partial charge in [0.2, 0.25) is 0 Å². The van der Waals surface area contributed by atoms with E-state index < -0.39 is 0 Å². The van der Waals surface area contributed by atoms with E-state index in [2.05, 4.69) is 19.9 Å². The van der Waals surface area contributed by atoms with Crippen molar-refractivity contribution in [3.8, 4) is 22.8 Å². The fraction of sp³-hybridized carbons (Fsp3) is 0.0909. The lowest BCUT2D eigenvalue weighted by atomic mass is 10.1. The molecule has 0 saturated heterocycles. The van der Waals surface area contributed by atoms with Crippen molar-refractivity contribution in [1.82, 2.24) is 19.9 Å². The Morgan fingerprint density at radius 2 is 1.04 bits per heavy atom. The lowest BCUT2D eigenvalue weighted by Gasteiger charge is -1.99. The van der Waals surface area contributed by atoms with Crippen LogP contribution in [0.2, 0.25) is 10.0 Å². The number of aromatic nitrogens is 4. The van der Waals surface area contributed by atoms with Crippen LogP contribution in [0.25, 0.3) is 44.8 Å². The van der Waals surface area contributed by atoms with E-state index in [9.17, 15) is 0 Å². The number of aromatic amines is 2. The normalized spacial score (nSPS) is 11.6. The molecule has 4 nitrogen and oxygen atoms in total. The molecule has 2 heterocycles. The largest absolute Gasteiger partial charge is 0.338 e. The Bertz CT molecular complexity index is 1160. The number of hydrogen-bond donors (Lipinski definition) is 2. The fourth-order valence-corrected chi connectivity index (χ4v) is 3.65. The predicted molar refractivity (Wildman–Crippen MR) is 116 cm³/mol. The summed E-state index contributed by atoms with van der Waals surface area (Å²) in [7, 11) is 0. The summed E-state index contributed by atoms with van der Waals surface area (Å²) < 4.78 is 0. The molecule has 0 unspecified atom stereocenters. The molecule has 5 aromatic rings. The highest BCUT2D eigenvalue weighted by atomic mass is 35.5. The van der Waals surface area contributed by atoms with Crippen molar-refractivity contribution >= 4 is 45.3 Å². The number of H-pyrrole nitrogens is 2. The van der Waals surface area contributed by atoms with Crippen LogP contribution in [-0.2, 0) is 0 Å². The van der Waals surface area contributed by atoms with Crippen molar-refractivity contribution in [3.63, 3.8) is 0 Å². The smallest absolute Gasteiger partial charge is 0.138 e. The lowest BCUT2D eigenvalue weighted by molar-refractivity contribution is 1.32. The zero-order valence-corrected chi connectivity index (χ0v) is 16.8. The number of aryl methyl sites for hydroxylation is 2. The van der Waals surface area contributed by atoms with E-state index in [0.29, 0.717) is 0 Å². The van der Waals surface area contributed by atoms with Crippen LogP contribution in [0.4, 0.5) is 0 Å². The Labute approximate surface area is 171 Å². The Morgan fingerprint density at radius 3 is 1.43 bits per heavy atom. The second-order valence-electron chi connectivity index (χ2n) is 6.99. The molecule has 0 atom stereocenters. The van der Waals surface area contributed by atoms with E-state index in [1.54, 1.807) is 0 Å². The van der Waals surface area contributed by atoms with Crippen molar-refractivity contribution < 1.29 is 0 Å². The average molecular weight is 407 g/mol. The molecule has 0 bridgehead atoms. The number of halogens is 2. The van der Waals surface area contributed by atoms with E-state index in [1.165, 1.54) is 0 Å². The Balaban J connectivity index is 1.52. The van der Waals surface area contributed by atoms with Gasteiger partial charge in [0, 0.05) is 21.2 Å². The summed E-state index contributed by atoms with van der Waals surface area (Å²) in [6.07, 6.45) is 0. The van der Waals surface area contributed by atoms with E-state index in [0.717, 1.165) is 66.0 Å². The van der Waals surface area contributed by atoms with Crippen LogP contribution in [0.3, 0.4) is 0 Å². The summed E-state index contributed by atoms with van der Waals surface area (Å²) >= 11 is 12.4. The van der Waals surface area contributed by atoms with Gasteiger partial charge in [0.25, 0.3) is 0 Å². The molecule has 2 aromatic heterocycles. The van der Waals surface area contributed by atoms with Crippen molar-refractivity contribution in [2.24, 2.45) is 0 Å². The van der Waals surface area contributed by atoms with Crippen molar-refractivity contribution in [3.05, 3.63) is 69.7 Å². The summed E-state index contributed by atoms with van der Waals surface area (Å²) in [5, 5.41) is 1.45. The van der Waals surface area contributed by atoms with Gasteiger partial charge in [0.05, 0.1) is 22.1 Å². The fourth-order valence-electron chi connectivity index (χ4n) is 3.34. The number of fused-ring (bicyclic) bond motifs is 2. The van der Waals surface area contributed by atoms with Gasteiger partial charge < -0.3 is 9.97 Å². The van der Waals surface area contributed by atoms with Crippen LogP contribution in [0.1, 0.15) is 11.1 Å². The third-order valence-corrected chi connectivity index (χ3v) is 5.77. The highest BCUT2D eigenvalue weighted by molar-refractivity contribution is 6.32. The van der Waals surface area contributed by atoms with Gasteiger partial charge in [-0.1, -0.05) is 47.5 Å². The maximum Gasteiger partial charge on any atom is 0.138 e. The minimum Gasteiger partial charge on any atom is -0.338 e. The number of rotatable bonds is 2. The molecule has 2 N–H and O–H groups in total. The zero-order chi connectivity index (χ0) is 19.4. The van der Waals surface area contributed by atoms with Crippen LogP contribution >= 0.6 is 23.2 Å². The van der Waals surface area contributed by atoms with Crippen molar-refractivity contribution in [2.45, 2.75) is 13.8 Å². The third kappa shape index (κ3) is 2.86. The lowest BCUT2D eigenvalue weighted by Crippen LogP contribution is -1.83. The molecule has 0 amide bonds. The van der Waals surface area contributed by atoms with Crippen LogP contribution < -0.4 is 0 Å². The highest BCUT2D eigenvalue weighted by Crippen LogP contribution is 2.28. The number of hydrogen-bond acceptors (Lipinski definition) is 2. The number of nitrogens with one attached hydrogen (secondary N) is 2. The van der Waals surface area contributed by atoms with Gasteiger partial charge in [0.1, 0.15) is 11.6 Å². The molecular weight excluding hydrogens is 391 g/mol. The van der Waals surface area contributed by atoms with Crippen LogP contribution in [0.15, 0.2) is 48.5 Å². The second kappa shape index (κ2) is 6.36. The summed E-state index contributed by atoms with van der Waals surface area (Å²) in [5.41, 5.74) is 7.74. The van der Waals surface area contributed by atoms with Crippen molar-refractivity contribution in [2.75, 3.05) is 0 Å². The van der Waals surface area contributed by atoms with Gasteiger partial charge in [-0.3, -0.25) is 0 Å². The topological polar surface area (TPSA) is 57.4 Å². The monoisotopic (exact) mass is 406 g/mol. The van der Waals surface area contributed by atoms with Gasteiger partial charge >= 0.3 is 0 Å². The van der Waals surface area contributed by atoms with Crippen molar-refractivity contribution in [1.29, 1.82) is 0 Å². The molecule has 5 rings (SSSR count). The molecule has 0 spiro atoms. The van der Waals surface area contributed by atoms with E-state index in [1.807, 2.05) is 62.4 Å². The first kappa shape index (κ1) is 17.3. The second-order valence-corrected chi connectivity index (χ2v) is 7.80. The molecule has 6 heteroatoms. The minimum absolute atomic E-state index is 0.723. The molecule has 0 radical (unpaired) electrons. The maximum absolute atomic E-state index is 6.21. The quantitative estimate of drug-likeness (QED) is 0.342. The summed E-state index contributed by atoms with van der Waals surface area (Å²) in [6.45, 7) is 3.97. The van der Waals surface area contributed by atoms with Gasteiger partial charge in [0.15, 0.2) is 0 Å². The Morgan fingerprint density at radius 1 is 0.643 bits per heavy atom. The number of benzene rings is 3.